The average molecular weight is 198 g/mol. The van der Waals surface area contributed by atoms with E-state index >= 15 is 0 Å². The van der Waals surface area contributed by atoms with Crippen molar-refractivity contribution in [3.8, 4) is 0 Å². The van der Waals surface area contributed by atoms with E-state index in [0.29, 0.717) is 0 Å². The number of ether oxygens (including phenoxy) is 1. The Morgan fingerprint density at radius 2 is 2.07 bits per heavy atom. The SMILES string of the molecule is C=CCCC(CCC)OC(=O)C(C)C. The number of rotatable bonds is 7. The number of hydrogen-bond acceptors (Lipinski definition) is 2. The third kappa shape index (κ3) is 5.79. The third-order valence-electron chi connectivity index (χ3n) is 2.06. The molecule has 0 rings (SSSR count). The van der Waals surface area contributed by atoms with Gasteiger partial charge in [-0.2, -0.15) is 0 Å². The first-order valence-electron chi connectivity index (χ1n) is 5.43. The first-order chi connectivity index (χ1) is 6.61. The van der Waals surface area contributed by atoms with E-state index in [4.69, 9.17) is 4.74 Å². The Bertz CT molecular complexity index is 173. The van der Waals surface area contributed by atoms with Gasteiger partial charge in [-0.15, -0.1) is 6.58 Å². The molecule has 0 aliphatic carbocycles. The van der Waals surface area contributed by atoms with E-state index in [9.17, 15) is 4.79 Å². The minimum absolute atomic E-state index is 0.0295. The van der Waals surface area contributed by atoms with Crippen molar-refractivity contribution in [2.45, 2.75) is 52.6 Å². The number of hydrogen-bond donors (Lipinski definition) is 0. The summed E-state index contributed by atoms with van der Waals surface area (Å²) in [6.45, 7) is 9.49. The molecule has 0 aliphatic rings. The molecule has 14 heavy (non-hydrogen) atoms. The summed E-state index contributed by atoms with van der Waals surface area (Å²) in [5.41, 5.74) is 0. The van der Waals surface area contributed by atoms with Crippen LogP contribution in [0.3, 0.4) is 0 Å². The van der Waals surface area contributed by atoms with Crippen molar-refractivity contribution in [2.75, 3.05) is 0 Å². The molecule has 82 valence electrons. The summed E-state index contributed by atoms with van der Waals surface area (Å²) in [7, 11) is 0. The maximum Gasteiger partial charge on any atom is 0.308 e. The van der Waals surface area contributed by atoms with Gasteiger partial charge in [-0.1, -0.05) is 33.3 Å². The fourth-order valence-corrected chi connectivity index (χ4v) is 1.19. The molecule has 0 bridgehead atoms. The van der Waals surface area contributed by atoms with Crippen LogP contribution >= 0.6 is 0 Å². The second kappa shape index (κ2) is 7.60. The van der Waals surface area contributed by atoms with Crippen molar-refractivity contribution in [2.24, 2.45) is 5.92 Å². The summed E-state index contributed by atoms with van der Waals surface area (Å²) in [4.78, 5) is 11.3. The molecule has 0 fully saturated rings. The van der Waals surface area contributed by atoms with E-state index < -0.39 is 0 Å². The summed E-state index contributed by atoms with van der Waals surface area (Å²) in [5, 5.41) is 0. The predicted molar refractivity (Wildman–Crippen MR) is 59.1 cm³/mol. The van der Waals surface area contributed by atoms with Gasteiger partial charge in [-0.05, 0) is 19.3 Å². The van der Waals surface area contributed by atoms with Crippen molar-refractivity contribution in [1.29, 1.82) is 0 Å². The molecular weight excluding hydrogens is 176 g/mol. The third-order valence-corrected chi connectivity index (χ3v) is 2.06. The van der Waals surface area contributed by atoms with E-state index in [0.717, 1.165) is 25.7 Å². The van der Waals surface area contributed by atoms with Gasteiger partial charge >= 0.3 is 5.97 Å². The van der Waals surface area contributed by atoms with Crippen LogP contribution in [-0.2, 0) is 9.53 Å². The predicted octanol–water partition coefficient (Wildman–Crippen LogP) is 3.32. The average Bonchev–Trinajstić information content (AvgIpc) is 2.14. The monoisotopic (exact) mass is 198 g/mol. The van der Waals surface area contributed by atoms with Crippen LogP contribution < -0.4 is 0 Å². The summed E-state index contributed by atoms with van der Waals surface area (Å²) in [5.74, 6) is -0.120. The summed E-state index contributed by atoms with van der Waals surface area (Å²) < 4.78 is 5.37. The molecule has 0 radical (unpaired) electrons. The zero-order valence-corrected chi connectivity index (χ0v) is 9.58. The fourth-order valence-electron chi connectivity index (χ4n) is 1.19. The van der Waals surface area contributed by atoms with Gasteiger partial charge in [0.05, 0.1) is 5.92 Å². The zero-order valence-electron chi connectivity index (χ0n) is 9.58. The van der Waals surface area contributed by atoms with Gasteiger partial charge in [0.1, 0.15) is 6.10 Å². The quantitative estimate of drug-likeness (QED) is 0.463. The molecule has 0 saturated carbocycles. The largest absolute Gasteiger partial charge is 0.462 e. The second-order valence-corrected chi connectivity index (χ2v) is 3.87. The van der Waals surface area contributed by atoms with Crippen LogP contribution in [0.1, 0.15) is 46.5 Å². The molecule has 0 saturated heterocycles. The van der Waals surface area contributed by atoms with Gasteiger partial charge in [0.15, 0.2) is 0 Å². The highest BCUT2D eigenvalue weighted by atomic mass is 16.5. The van der Waals surface area contributed by atoms with Crippen molar-refractivity contribution in [3.05, 3.63) is 12.7 Å². The van der Waals surface area contributed by atoms with Crippen LogP contribution in [-0.4, -0.2) is 12.1 Å². The van der Waals surface area contributed by atoms with Gasteiger partial charge in [-0.25, -0.2) is 0 Å². The molecular formula is C12H22O2. The Hall–Kier alpha value is -0.790. The highest BCUT2D eigenvalue weighted by Gasteiger charge is 2.15. The van der Waals surface area contributed by atoms with Crippen molar-refractivity contribution >= 4 is 5.97 Å². The molecule has 0 aromatic rings. The molecule has 0 amide bonds. The Kier molecular flexibility index (Phi) is 7.17. The van der Waals surface area contributed by atoms with Crippen LogP contribution in [0.25, 0.3) is 0 Å². The highest BCUT2D eigenvalue weighted by Crippen LogP contribution is 2.12. The van der Waals surface area contributed by atoms with Gasteiger partial charge in [-0.3, -0.25) is 4.79 Å². The lowest BCUT2D eigenvalue weighted by Crippen LogP contribution is -2.21. The lowest BCUT2D eigenvalue weighted by Gasteiger charge is -2.17. The van der Waals surface area contributed by atoms with Crippen LogP contribution in [0.2, 0.25) is 0 Å². The lowest BCUT2D eigenvalue weighted by atomic mass is 10.1. The van der Waals surface area contributed by atoms with Gasteiger partial charge in [0.25, 0.3) is 0 Å². The molecule has 0 N–H and O–H groups in total. The smallest absolute Gasteiger partial charge is 0.308 e. The van der Waals surface area contributed by atoms with Crippen LogP contribution in [0.4, 0.5) is 0 Å². The fraction of sp³-hybridized carbons (Fsp3) is 0.750. The van der Waals surface area contributed by atoms with Crippen LogP contribution in [0.5, 0.6) is 0 Å². The number of esters is 1. The number of carbonyl (C=O) groups is 1. The van der Waals surface area contributed by atoms with Crippen molar-refractivity contribution in [1.82, 2.24) is 0 Å². The lowest BCUT2D eigenvalue weighted by molar-refractivity contribution is -0.153. The van der Waals surface area contributed by atoms with Crippen molar-refractivity contribution < 1.29 is 9.53 Å². The minimum Gasteiger partial charge on any atom is -0.462 e. The highest BCUT2D eigenvalue weighted by molar-refractivity contribution is 5.71. The summed E-state index contributed by atoms with van der Waals surface area (Å²) in [6.07, 6.45) is 5.75. The summed E-state index contributed by atoms with van der Waals surface area (Å²) >= 11 is 0. The molecule has 0 aromatic heterocycles. The van der Waals surface area contributed by atoms with E-state index in [1.165, 1.54) is 0 Å². The Labute approximate surface area is 87.3 Å². The molecule has 0 heterocycles. The van der Waals surface area contributed by atoms with Crippen LogP contribution in [0, 0.1) is 5.92 Å². The Morgan fingerprint density at radius 1 is 1.43 bits per heavy atom. The van der Waals surface area contributed by atoms with E-state index in [1.54, 1.807) is 0 Å². The first-order valence-corrected chi connectivity index (χ1v) is 5.43. The second-order valence-electron chi connectivity index (χ2n) is 3.87. The summed E-state index contributed by atoms with van der Waals surface area (Å²) in [6, 6.07) is 0. The number of allylic oxidation sites excluding steroid dienone is 1. The standard InChI is InChI=1S/C12H22O2/c1-5-7-9-11(8-6-2)14-12(13)10(3)4/h5,10-11H,1,6-9H2,2-4H3. The Balaban J connectivity index is 3.94. The molecule has 0 aliphatic heterocycles. The van der Waals surface area contributed by atoms with E-state index in [2.05, 4.69) is 13.5 Å². The molecule has 2 nitrogen and oxygen atoms in total. The molecule has 0 aromatic carbocycles. The van der Waals surface area contributed by atoms with Gasteiger partial charge in [0, 0.05) is 0 Å². The molecule has 2 heteroatoms. The van der Waals surface area contributed by atoms with Gasteiger partial charge in [0.2, 0.25) is 0 Å². The Morgan fingerprint density at radius 3 is 2.50 bits per heavy atom. The van der Waals surface area contributed by atoms with E-state index in [-0.39, 0.29) is 18.0 Å². The zero-order chi connectivity index (χ0) is 11.0. The maximum absolute atomic E-state index is 11.3. The van der Waals surface area contributed by atoms with Gasteiger partial charge < -0.3 is 4.74 Å². The molecule has 1 atom stereocenters. The van der Waals surface area contributed by atoms with E-state index in [1.807, 2.05) is 19.9 Å². The maximum atomic E-state index is 11.3. The normalized spacial score (nSPS) is 12.6. The number of carbonyl (C=O) groups excluding carboxylic acids is 1. The van der Waals surface area contributed by atoms with Crippen LogP contribution in [0.15, 0.2) is 12.7 Å². The van der Waals surface area contributed by atoms with Crippen molar-refractivity contribution in [3.63, 3.8) is 0 Å². The molecule has 0 spiro atoms. The topological polar surface area (TPSA) is 26.3 Å². The minimum atomic E-state index is -0.0903. The first kappa shape index (κ1) is 13.2. The molecule has 1 unspecified atom stereocenters.